The minimum Gasteiger partial charge on any atom is -0.507 e. The third kappa shape index (κ3) is 4.38. The van der Waals surface area contributed by atoms with Crippen molar-refractivity contribution in [2.45, 2.75) is 43.5 Å². The van der Waals surface area contributed by atoms with E-state index in [1.165, 1.54) is 12.1 Å². The first kappa shape index (κ1) is 21.5. The number of aromatic hydroxyl groups is 1. The van der Waals surface area contributed by atoms with Crippen LogP contribution in [0.15, 0.2) is 34.0 Å². The minimum atomic E-state index is -4.46. The van der Waals surface area contributed by atoms with Gasteiger partial charge in [-0.05, 0) is 53.9 Å². The molecule has 9 heteroatoms. The molecule has 0 atom stereocenters. The standard InChI is InChI=1S/C20H18ClF3N2O2S/c1-9-13(21)8-12(19(2,3)4)16(27)15(9)17-25-14-6-5-10(29-20(22,23)24)7-11(14)18(28)26-17/h5-8,27H,1-4H3,(H,25,26,28). The number of hydrogen-bond acceptors (Lipinski definition) is 4. The molecule has 1 aromatic heterocycles. The van der Waals surface area contributed by atoms with E-state index in [9.17, 15) is 23.1 Å². The zero-order chi connectivity index (χ0) is 21.7. The van der Waals surface area contributed by atoms with E-state index >= 15 is 0 Å². The maximum atomic E-state index is 12.6. The molecule has 0 aliphatic heterocycles. The number of halogens is 4. The molecule has 0 amide bonds. The molecule has 0 radical (unpaired) electrons. The van der Waals surface area contributed by atoms with Crippen molar-refractivity contribution in [1.82, 2.24) is 9.97 Å². The van der Waals surface area contributed by atoms with Gasteiger partial charge < -0.3 is 10.1 Å². The Hall–Kier alpha value is -2.19. The molecule has 3 aromatic rings. The van der Waals surface area contributed by atoms with Gasteiger partial charge in [-0.15, -0.1) is 0 Å². The molecule has 0 spiro atoms. The lowest BCUT2D eigenvalue weighted by Crippen LogP contribution is -2.14. The highest BCUT2D eigenvalue weighted by Crippen LogP contribution is 2.43. The molecule has 0 bridgehead atoms. The fourth-order valence-corrected chi connectivity index (χ4v) is 3.81. The van der Waals surface area contributed by atoms with Crippen LogP contribution in [0.5, 0.6) is 5.75 Å². The van der Waals surface area contributed by atoms with Gasteiger partial charge in [0.2, 0.25) is 0 Å². The van der Waals surface area contributed by atoms with Crippen molar-refractivity contribution < 1.29 is 18.3 Å². The molecule has 0 unspecified atom stereocenters. The molecule has 0 aliphatic carbocycles. The van der Waals surface area contributed by atoms with Crippen LogP contribution >= 0.6 is 23.4 Å². The van der Waals surface area contributed by atoms with Crippen LogP contribution < -0.4 is 5.56 Å². The van der Waals surface area contributed by atoms with Gasteiger partial charge in [0, 0.05) is 15.5 Å². The van der Waals surface area contributed by atoms with Crippen LogP contribution in [0.1, 0.15) is 31.9 Å². The highest BCUT2D eigenvalue weighted by Gasteiger charge is 2.29. The van der Waals surface area contributed by atoms with Crippen LogP contribution in [0, 0.1) is 6.92 Å². The van der Waals surface area contributed by atoms with E-state index in [0.29, 0.717) is 16.1 Å². The molecule has 0 saturated heterocycles. The van der Waals surface area contributed by atoms with Gasteiger partial charge in [-0.2, -0.15) is 13.2 Å². The van der Waals surface area contributed by atoms with E-state index in [-0.39, 0.29) is 44.7 Å². The third-order valence-electron chi connectivity index (χ3n) is 4.45. The summed E-state index contributed by atoms with van der Waals surface area (Å²) in [5.41, 5.74) is -3.86. The zero-order valence-corrected chi connectivity index (χ0v) is 17.6. The summed E-state index contributed by atoms with van der Waals surface area (Å²) in [5.74, 6) is 0.0490. The number of aromatic nitrogens is 2. The summed E-state index contributed by atoms with van der Waals surface area (Å²) in [4.78, 5) is 19.4. The van der Waals surface area contributed by atoms with E-state index < -0.39 is 16.5 Å². The number of benzene rings is 2. The summed E-state index contributed by atoms with van der Waals surface area (Å²) < 4.78 is 37.8. The van der Waals surface area contributed by atoms with Gasteiger partial charge in [0.05, 0.1) is 16.5 Å². The van der Waals surface area contributed by atoms with Crippen LogP contribution in [-0.4, -0.2) is 20.6 Å². The van der Waals surface area contributed by atoms with E-state index in [1.807, 2.05) is 20.8 Å². The maximum absolute atomic E-state index is 12.6. The van der Waals surface area contributed by atoms with Crippen LogP contribution in [-0.2, 0) is 5.41 Å². The topological polar surface area (TPSA) is 66.0 Å². The second-order valence-corrected chi connectivity index (χ2v) is 9.19. The molecular formula is C20H18ClF3N2O2S. The van der Waals surface area contributed by atoms with Gasteiger partial charge in [0.15, 0.2) is 0 Å². The molecule has 154 valence electrons. The quantitative estimate of drug-likeness (QED) is 0.466. The Morgan fingerprint density at radius 1 is 1.17 bits per heavy atom. The normalized spacial score (nSPS) is 12.6. The van der Waals surface area contributed by atoms with E-state index in [2.05, 4.69) is 9.97 Å². The van der Waals surface area contributed by atoms with Gasteiger partial charge in [-0.1, -0.05) is 32.4 Å². The maximum Gasteiger partial charge on any atom is 0.446 e. The molecule has 0 fully saturated rings. The van der Waals surface area contributed by atoms with Crippen molar-refractivity contribution in [3.63, 3.8) is 0 Å². The molecule has 4 nitrogen and oxygen atoms in total. The molecule has 0 aliphatic rings. The summed E-state index contributed by atoms with van der Waals surface area (Å²) in [6, 6.07) is 5.43. The summed E-state index contributed by atoms with van der Waals surface area (Å²) in [6.07, 6.45) is 0. The monoisotopic (exact) mass is 442 g/mol. The first-order chi connectivity index (χ1) is 13.3. The summed E-state index contributed by atoms with van der Waals surface area (Å²) in [7, 11) is 0. The van der Waals surface area contributed by atoms with Gasteiger partial charge in [-0.3, -0.25) is 4.79 Å². The average Bonchev–Trinajstić information content (AvgIpc) is 2.56. The van der Waals surface area contributed by atoms with Crippen molar-refractivity contribution in [2.24, 2.45) is 0 Å². The number of phenols is 1. The number of phenolic OH excluding ortho intramolecular Hbond substituents is 1. The van der Waals surface area contributed by atoms with Crippen molar-refractivity contribution in [1.29, 1.82) is 0 Å². The van der Waals surface area contributed by atoms with E-state index in [0.717, 1.165) is 6.07 Å². The number of thioether (sulfide) groups is 1. The van der Waals surface area contributed by atoms with Gasteiger partial charge >= 0.3 is 5.51 Å². The predicted molar refractivity (Wildman–Crippen MR) is 110 cm³/mol. The number of aromatic amines is 1. The number of nitrogens with one attached hydrogen (secondary N) is 1. The van der Waals surface area contributed by atoms with Crippen LogP contribution in [0.25, 0.3) is 22.3 Å². The smallest absolute Gasteiger partial charge is 0.446 e. The minimum absolute atomic E-state index is 0.0261. The lowest BCUT2D eigenvalue weighted by molar-refractivity contribution is -0.0328. The summed E-state index contributed by atoms with van der Waals surface area (Å²) in [5, 5.41) is 11.3. The average molecular weight is 443 g/mol. The Labute approximate surface area is 174 Å². The first-order valence-corrected chi connectivity index (χ1v) is 9.80. The first-order valence-electron chi connectivity index (χ1n) is 8.60. The van der Waals surface area contributed by atoms with Crippen molar-refractivity contribution in [3.8, 4) is 17.1 Å². The second-order valence-electron chi connectivity index (χ2n) is 7.65. The van der Waals surface area contributed by atoms with Gasteiger partial charge in [-0.25, -0.2) is 4.98 Å². The third-order valence-corrected chi connectivity index (χ3v) is 5.57. The van der Waals surface area contributed by atoms with Crippen molar-refractivity contribution in [2.75, 3.05) is 0 Å². The molecule has 29 heavy (non-hydrogen) atoms. The Balaban J connectivity index is 2.23. The number of fused-ring (bicyclic) bond motifs is 1. The zero-order valence-electron chi connectivity index (χ0n) is 16.0. The van der Waals surface area contributed by atoms with Crippen LogP contribution in [0.2, 0.25) is 5.02 Å². The number of alkyl halides is 3. The Morgan fingerprint density at radius 2 is 1.83 bits per heavy atom. The molecular weight excluding hydrogens is 425 g/mol. The lowest BCUT2D eigenvalue weighted by atomic mass is 9.84. The number of H-pyrrole nitrogens is 1. The number of rotatable bonds is 2. The molecule has 2 aromatic carbocycles. The largest absolute Gasteiger partial charge is 0.507 e. The van der Waals surface area contributed by atoms with E-state index in [4.69, 9.17) is 11.6 Å². The molecule has 2 N–H and O–H groups in total. The van der Waals surface area contributed by atoms with Crippen molar-refractivity contribution in [3.05, 3.63) is 50.8 Å². The Bertz CT molecular complexity index is 1170. The van der Waals surface area contributed by atoms with Crippen LogP contribution in [0.3, 0.4) is 0 Å². The molecule has 3 rings (SSSR count). The Morgan fingerprint density at radius 3 is 2.41 bits per heavy atom. The fourth-order valence-electron chi connectivity index (χ4n) is 3.03. The lowest BCUT2D eigenvalue weighted by Gasteiger charge is -2.23. The van der Waals surface area contributed by atoms with Gasteiger partial charge in [0.1, 0.15) is 11.6 Å². The number of hydrogen-bond donors (Lipinski definition) is 2. The summed E-state index contributed by atoms with van der Waals surface area (Å²) in [6.45, 7) is 7.42. The van der Waals surface area contributed by atoms with Crippen LogP contribution in [0.4, 0.5) is 13.2 Å². The van der Waals surface area contributed by atoms with Gasteiger partial charge in [0.25, 0.3) is 5.56 Å². The molecule has 0 saturated carbocycles. The molecule has 1 heterocycles. The van der Waals surface area contributed by atoms with E-state index in [1.54, 1.807) is 13.0 Å². The summed E-state index contributed by atoms with van der Waals surface area (Å²) >= 11 is 6.05. The SMILES string of the molecule is Cc1c(Cl)cc(C(C)(C)C)c(O)c1-c1nc2ccc(SC(F)(F)F)cc2c(=O)[nH]1. The van der Waals surface area contributed by atoms with Crippen molar-refractivity contribution >= 4 is 34.3 Å². The highest BCUT2D eigenvalue weighted by atomic mass is 35.5. The highest BCUT2D eigenvalue weighted by molar-refractivity contribution is 8.00. The number of nitrogens with zero attached hydrogens (tertiary/aromatic N) is 1. The fraction of sp³-hybridized carbons (Fsp3) is 0.300. The second kappa shape index (κ2) is 7.25. The Kier molecular flexibility index (Phi) is 5.38. The predicted octanol–water partition coefficient (Wildman–Crippen LogP) is 6.17.